The maximum atomic E-state index is 12.3. The number of nitrogens with zero attached hydrogens (tertiary/aromatic N) is 1. The summed E-state index contributed by atoms with van der Waals surface area (Å²) in [4.78, 5) is 16.2. The van der Waals surface area contributed by atoms with E-state index in [2.05, 4.69) is 9.72 Å². The third-order valence-electron chi connectivity index (χ3n) is 2.94. The van der Waals surface area contributed by atoms with Crippen LogP contribution < -0.4 is 9.47 Å². The van der Waals surface area contributed by atoms with Crippen molar-refractivity contribution in [1.82, 2.24) is 4.98 Å². The Morgan fingerprint density at radius 2 is 1.71 bits per heavy atom. The van der Waals surface area contributed by atoms with Gasteiger partial charge in [-0.3, -0.25) is 4.79 Å². The molecule has 0 atom stereocenters. The Balaban J connectivity index is 2.20. The first-order valence-electron chi connectivity index (χ1n) is 7.09. The zero-order chi connectivity index (χ0) is 18.0. The Hall–Kier alpha value is -2.57. The largest absolute Gasteiger partial charge is 0.573 e. The summed E-state index contributed by atoms with van der Waals surface area (Å²) >= 11 is 0. The number of halogens is 3. The van der Waals surface area contributed by atoms with E-state index in [0.29, 0.717) is 5.56 Å². The van der Waals surface area contributed by atoms with E-state index in [1.807, 2.05) is 0 Å². The molecule has 0 amide bonds. The lowest BCUT2D eigenvalue weighted by Crippen LogP contribution is -2.20. The van der Waals surface area contributed by atoms with E-state index in [4.69, 9.17) is 4.74 Å². The first-order valence-corrected chi connectivity index (χ1v) is 7.09. The molecular formula is C17H16F3NO3. The Morgan fingerprint density at radius 3 is 2.33 bits per heavy atom. The van der Waals surface area contributed by atoms with Gasteiger partial charge in [0, 0.05) is 29.3 Å². The summed E-state index contributed by atoms with van der Waals surface area (Å²) in [7, 11) is 0. The van der Waals surface area contributed by atoms with Crippen LogP contribution in [0.1, 0.15) is 31.1 Å². The van der Waals surface area contributed by atoms with Crippen LogP contribution in [-0.4, -0.2) is 17.1 Å². The average Bonchev–Trinajstić information content (AvgIpc) is 2.44. The zero-order valence-corrected chi connectivity index (χ0v) is 13.3. The van der Waals surface area contributed by atoms with E-state index in [9.17, 15) is 18.0 Å². The molecule has 0 bridgehead atoms. The molecule has 0 aliphatic rings. The number of pyridine rings is 1. The van der Waals surface area contributed by atoms with Crippen molar-refractivity contribution < 1.29 is 27.4 Å². The summed E-state index contributed by atoms with van der Waals surface area (Å²) in [5.41, 5.74) is -0.158. The topological polar surface area (TPSA) is 48.4 Å². The van der Waals surface area contributed by atoms with Crippen molar-refractivity contribution in [2.45, 2.75) is 27.1 Å². The molecule has 0 aliphatic heterocycles. The quantitative estimate of drug-likeness (QED) is 0.736. The fraction of sp³-hybridized carbons (Fsp3) is 0.294. The first-order chi connectivity index (χ1) is 11.0. The predicted octanol–water partition coefficient (Wildman–Crippen LogP) is 5.00. The number of carbonyl (C=O) groups excluding carboxylic acids is 1. The Labute approximate surface area is 137 Å². The number of Topliss-reactive ketones (excluding diaryl/α,β-unsaturated/α-hetero) is 1. The highest BCUT2D eigenvalue weighted by Gasteiger charge is 2.31. The van der Waals surface area contributed by atoms with Gasteiger partial charge in [0.15, 0.2) is 5.78 Å². The van der Waals surface area contributed by atoms with Crippen LogP contribution in [0.3, 0.4) is 0 Å². The maximum absolute atomic E-state index is 12.3. The number of hydrogen-bond acceptors (Lipinski definition) is 4. The zero-order valence-electron chi connectivity index (χ0n) is 13.3. The fourth-order valence-electron chi connectivity index (χ4n) is 1.90. The van der Waals surface area contributed by atoms with Crippen molar-refractivity contribution in [1.29, 1.82) is 0 Å². The minimum atomic E-state index is -4.78. The summed E-state index contributed by atoms with van der Waals surface area (Å²) in [6.45, 7) is 5.36. The van der Waals surface area contributed by atoms with Crippen LogP contribution in [0.4, 0.5) is 13.2 Å². The van der Waals surface area contributed by atoms with Crippen LogP contribution in [0.15, 0.2) is 42.6 Å². The molecule has 1 aromatic heterocycles. The standard InChI is InChI=1S/C17H16F3NO3/c1-16(2,3)15(22)11-7-8-21-14(9-11)23-12-5-4-6-13(10-12)24-17(18,19)20/h4-10H,1-3H3. The third-order valence-corrected chi connectivity index (χ3v) is 2.94. The number of rotatable bonds is 4. The van der Waals surface area contributed by atoms with Crippen LogP contribution in [0.5, 0.6) is 17.4 Å². The second-order valence-corrected chi connectivity index (χ2v) is 6.09. The molecule has 4 nitrogen and oxygen atoms in total. The summed E-state index contributed by atoms with van der Waals surface area (Å²) in [5, 5.41) is 0. The highest BCUT2D eigenvalue weighted by Crippen LogP contribution is 2.29. The molecule has 2 aromatic rings. The van der Waals surface area contributed by atoms with Crippen molar-refractivity contribution in [3.63, 3.8) is 0 Å². The number of hydrogen-bond donors (Lipinski definition) is 0. The summed E-state index contributed by atoms with van der Waals surface area (Å²) in [6, 6.07) is 8.08. The number of alkyl halides is 3. The Kier molecular flexibility index (Phi) is 4.82. The van der Waals surface area contributed by atoms with E-state index in [1.54, 1.807) is 26.8 Å². The van der Waals surface area contributed by atoms with Crippen molar-refractivity contribution in [2.75, 3.05) is 0 Å². The molecule has 128 valence electrons. The molecule has 7 heteroatoms. The van der Waals surface area contributed by atoms with E-state index >= 15 is 0 Å². The molecule has 0 spiro atoms. The predicted molar refractivity (Wildman–Crippen MR) is 81.2 cm³/mol. The Bertz CT molecular complexity index is 736. The number of ether oxygens (including phenoxy) is 2. The van der Waals surface area contributed by atoms with Crippen LogP contribution in [0, 0.1) is 5.41 Å². The molecule has 1 heterocycles. The molecule has 1 aromatic carbocycles. The van der Waals surface area contributed by atoms with Gasteiger partial charge < -0.3 is 9.47 Å². The minimum Gasteiger partial charge on any atom is -0.439 e. The number of carbonyl (C=O) groups is 1. The number of benzene rings is 1. The van der Waals surface area contributed by atoms with E-state index in [-0.39, 0.29) is 17.4 Å². The summed E-state index contributed by atoms with van der Waals surface area (Å²) in [6.07, 6.45) is -3.37. The minimum absolute atomic E-state index is 0.0936. The van der Waals surface area contributed by atoms with Crippen molar-refractivity contribution in [3.05, 3.63) is 48.2 Å². The van der Waals surface area contributed by atoms with Crippen LogP contribution in [0.2, 0.25) is 0 Å². The van der Waals surface area contributed by atoms with Gasteiger partial charge in [0.05, 0.1) is 0 Å². The number of aromatic nitrogens is 1. The lowest BCUT2D eigenvalue weighted by molar-refractivity contribution is -0.274. The highest BCUT2D eigenvalue weighted by atomic mass is 19.4. The highest BCUT2D eigenvalue weighted by molar-refractivity contribution is 5.99. The first kappa shape index (κ1) is 17.8. The Morgan fingerprint density at radius 1 is 1.04 bits per heavy atom. The smallest absolute Gasteiger partial charge is 0.439 e. The summed E-state index contributed by atoms with van der Waals surface area (Å²) < 4.78 is 46.0. The SMILES string of the molecule is CC(C)(C)C(=O)c1ccnc(Oc2cccc(OC(F)(F)F)c2)c1. The lowest BCUT2D eigenvalue weighted by Gasteiger charge is -2.16. The average molecular weight is 339 g/mol. The molecule has 0 saturated heterocycles. The molecular weight excluding hydrogens is 323 g/mol. The normalized spacial score (nSPS) is 11.9. The van der Waals surface area contributed by atoms with Crippen LogP contribution in [-0.2, 0) is 0 Å². The summed E-state index contributed by atoms with van der Waals surface area (Å²) in [5.74, 6) is -0.273. The molecule has 0 saturated carbocycles. The molecule has 2 rings (SSSR count). The van der Waals surface area contributed by atoms with Crippen molar-refractivity contribution >= 4 is 5.78 Å². The van der Waals surface area contributed by atoms with Gasteiger partial charge in [0.1, 0.15) is 11.5 Å². The monoisotopic (exact) mass is 339 g/mol. The molecule has 0 fully saturated rings. The van der Waals surface area contributed by atoms with Gasteiger partial charge in [-0.05, 0) is 18.2 Å². The van der Waals surface area contributed by atoms with E-state index < -0.39 is 17.5 Å². The van der Waals surface area contributed by atoms with Crippen molar-refractivity contribution in [2.24, 2.45) is 5.41 Å². The number of ketones is 1. The molecule has 0 unspecified atom stereocenters. The maximum Gasteiger partial charge on any atom is 0.573 e. The van der Waals surface area contributed by atoms with Crippen LogP contribution in [0.25, 0.3) is 0 Å². The van der Waals surface area contributed by atoms with E-state index in [1.165, 1.54) is 24.4 Å². The van der Waals surface area contributed by atoms with Gasteiger partial charge in [-0.2, -0.15) is 0 Å². The van der Waals surface area contributed by atoms with Gasteiger partial charge in [-0.25, -0.2) is 4.98 Å². The van der Waals surface area contributed by atoms with Gasteiger partial charge in [-0.1, -0.05) is 26.8 Å². The molecule has 0 N–H and O–H groups in total. The molecule has 0 aliphatic carbocycles. The van der Waals surface area contributed by atoms with Gasteiger partial charge >= 0.3 is 6.36 Å². The van der Waals surface area contributed by atoms with Gasteiger partial charge in [-0.15, -0.1) is 13.2 Å². The van der Waals surface area contributed by atoms with Gasteiger partial charge in [0.2, 0.25) is 5.88 Å². The van der Waals surface area contributed by atoms with Crippen molar-refractivity contribution in [3.8, 4) is 17.4 Å². The van der Waals surface area contributed by atoms with Gasteiger partial charge in [0.25, 0.3) is 0 Å². The van der Waals surface area contributed by atoms with Crippen LogP contribution >= 0.6 is 0 Å². The van der Waals surface area contributed by atoms with E-state index in [0.717, 1.165) is 12.1 Å². The second-order valence-electron chi connectivity index (χ2n) is 6.09. The third kappa shape index (κ3) is 4.97. The molecule has 0 radical (unpaired) electrons. The lowest BCUT2D eigenvalue weighted by atomic mass is 9.87. The fourth-order valence-corrected chi connectivity index (χ4v) is 1.90. The second kappa shape index (κ2) is 6.51. The molecule has 24 heavy (non-hydrogen) atoms.